The molecule has 2 rings (SSSR count). The van der Waals surface area contributed by atoms with Crippen molar-refractivity contribution in [2.75, 3.05) is 34.4 Å². The molecule has 0 spiro atoms. The molecule has 118 valence electrons. The van der Waals surface area contributed by atoms with Crippen LogP contribution in [-0.4, -0.2) is 45.3 Å². The molecule has 0 aliphatic carbocycles. The topological polar surface area (TPSA) is 33.7 Å². The fourth-order valence-corrected chi connectivity index (χ4v) is 2.99. The number of methoxy groups -OCH3 is 2. The molecule has 1 heterocycles. The Kier molecular flexibility index (Phi) is 5.88. The molecule has 0 amide bonds. The Morgan fingerprint density at radius 1 is 1.29 bits per heavy atom. The highest BCUT2D eigenvalue weighted by atomic mass is 16.5. The Labute approximate surface area is 128 Å². The van der Waals surface area contributed by atoms with Gasteiger partial charge in [-0.2, -0.15) is 0 Å². The average molecular weight is 292 g/mol. The number of hydrogen-bond donors (Lipinski definition) is 1. The SMILES string of the molecule is COc1ccc(OC)c(C(C)N(C)CC2CCCCN2)c1. The first-order valence-corrected chi connectivity index (χ1v) is 7.81. The highest BCUT2D eigenvalue weighted by Gasteiger charge is 2.21. The normalized spacial score (nSPS) is 20.3. The summed E-state index contributed by atoms with van der Waals surface area (Å²) in [5.41, 5.74) is 1.18. The van der Waals surface area contributed by atoms with Crippen LogP contribution in [0.15, 0.2) is 18.2 Å². The maximum absolute atomic E-state index is 5.51. The van der Waals surface area contributed by atoms with Gasteiger partial charge in [-0.05, 0) is 51.6 Å². The molecular weight excluding hydrogens is 264 g/mol. The Balaban J connectivity index is 2.08. The summed E-state index contributed by atoms with van der Waals surface area (Å²) in [4.78, 5) is 2.39. The van der Waals surface area contributed by atoms with Crippen LogP contribution in [0.1, 0.15) is 37.8 Å². The lowest BCUT2D eigenvalue weighted by atomic mass is 10.0. The second-order valence-corrected chi connectivity index (χ2v) is 5.87. The highest BCUT2D eigenvalue weighted by molar-refractivity contribution is 5.42. The van der Waals surface area contributed by atoms with Crippen LogP contribution >= 0.6 is 0 Å². The molecule has 0 aromatic heterocycles. The van der Waals surface area contributed by atoms with Crippen LogP contribution in [0.3, 0.4) is 0 Å². The van der Waals surface area contributed by atoms with Gasteiger partial charge < -0.3 is 14.8 Å². The first kappa shape index (κ1) is 16.1. The van der Waals surface area contributed by atoms with Crippen LogP contribution in [-0.2, 0) is 0 Å². The third-order valence-corrected chi connectivity index (χ3v) is 4.47. The fourth-order valence-electron chi connectivity index (χ4n) is 2.99. The van der Waals surface area contributed by atoms with Crippen LogP contribution in [0.5, 0.6) is 11.5 Å². The van der Waals surface area contributed by atoms with Gasteiger partial charge in [-0.15, -0.1) is 0 Å². The standard InChI is InChI=1S/C17H28N2O2/c1-13(19(2)12-14-7-5-6-10-18-14)16-11-15(20-3)8-9-17(16)21-4/h8-9,11,13-14,18H,5-7,10,12H2,1-4H3. The number of ether oxygens (including phenoxy) is 2. The lowest BCUT2D eigenvalue weighted by Crippen LogP contribution is -2.43. The monoisotopic (exact) mass is 292 g/mol. The van der Waals surface area contributed by atoms with Crippen molar-refractivity contribution in [2.24, 2.45) is 0 Å². The summed E-state index contributed by atoms with van der Waals surface area (Å²) in [5, 5.41) is 3.61. The Hall–Kier alpha value is -1.26. The lowest BCUT2D eigenvalue weighted by Gasteiger charge is -2.32. The number of likely N-dealkylation sites (N-methyl/N-ethyl adjacent to an activating group) is 1. The molecule has 1 fully saturated rings. The van der Waals surface area contributed by atoms with Gasteiger partial charge in [0, 0.05) is 24.2 Å². The zero-order valence-corrected chi connectivity index (χ0v) is 13.7. The van der Waals surface area contributed by atoms with E-state index in [1.807, 2.05) is 12.1 Å². The number of nitrogens with zero attached hydrogens (tertiary/aromatic N) is 1. The zero-order chi connectivity index (χ0) is 15.2. The minimum Gasteiger partial charge on any atom is -0.497 e. The zero-order valence-electron chi connectivity index (χ0n) is 13.7. The Bertz CT molecular complexity index is 444. The van der Waals surface area contributed by atoms with E-state index in [4.69, 9.17) is 9.47 Å². The predicted octanol–water partition coefficient (Wildman–Crippen LogP) is 2.84. The second-order valence-electron chi connectivity index (χ2n) is 5.87. The van der Waals surface area contributed by atoms with E-state index in [0.29, 0.717) is 12.1 Å². The first-order chi connectivity index (χ1) is 10.2. The van der Waals surface area contributed by atoms with Crippen molar-refractivity contribution in [1.82, 2.24) is 10.2 Å². The molecule has 4 nitrogen and oxygen atoms in total. The average Bonchev–Trinajstić information content (AvgIpc) is 2.54. The van der Waals surface area contributed by atoms with Gasteiger partial charge in [-0.1, -0.05) is 6.42 Å². The summed E-state index contributed by atoms with van der Waals surface area (Å²) in [7, 11) is 5.60. The number of hydrogen-bond acceptors (Lipinski definition) is 4. The highest BCUT2D eigenvalue weighted by Crippen LogP contribution is 2.32. The molecule has 1 saturated heterocycles. The van der Waals surface area contributed by atoms with Crippen molar-refractivity contribution >= 4 is 0 Å². The summed E-state index contributed by atoms with van der Waals surface area (Å²) >= 11 is 0. The minimum atomic E-state index is 0.291. The second kappa shape index (κ2) is 7.66. The number of rotatable bonds is 6. The van der Waals surface area contributed by atoms with Gasteiger partial charge in [-0.25, -0.2) is 0 Å². The molecule has 4 heteroatoms. The molecule has 1 aromatic carbocycles. The predicted molar refractivity (Wildman–Crippen MR) is 86.2 cm³/mol. The van der Waals surface area contributed by atoms with Crippen LogP contribution in [0.25, 0.3) is 0 Å². The van der Waals surface area contributed by atoms with E-state index in [9.17, 15) is 0 Å². The lowest BCUT2D eigenvalue weighted by molar-refractivity contribution is 0.211. The van der Waals surface area contributed by atoms with Crippen molar-refractivity contribution < 1.29 is 9.47 Å². The molecule has 2 unspecified atom stereocenters. The quantitative estimate of drug-likeness (QED) is 0.874. The van der Waals surface area contributed by atoms with E-state index in [2.05, 4.69) is 30.3 Å². The van der Waals surface area contributed by atoms with E-state index >= 15 is 0 Å². The number of piperidine rings is 1. The summed E-state index contributed by atoms with van der Waals surface area (Å²) < 4.78 is 10.9. The van der Waals surface area contributed by atoms with E-state index in [1.165, 1.54) is 24.8 Å². The van der Waals surface area contributed by atoms with Crippen LogP contribution in [0.2, 0.25) is 0 Å². The first-order valence-electron chi connectivity index (χ1n) is 7.81. The fraction of sp³-hybridized carbons (Fsp3) is 0.647. The van der Waals surface area contributed by atoms with E-state index < -0.39 is 0 Å². The van der Waals surface area contributed by atoms with Gasteiger partial charge in [0.15, 0.2) is 0 Å². The van der Waals surface area contributed by atoms with Crippen LogP contribution in [0, 0.1) is 0 Å². The number of benzene rings is 1. The third-order valence-electron chi connectivity index (χ3n) is 4.47. The Morgan fingerprint density at radius 3 is 2.71 bits per heavy atom. The van der Waals surface area contributed by atoms with Gasteiger partial charge >= 0.3 is 0 Å². The van der Waals surface area contributed by atoms with Crippen LogP contribution in [0.4, 0.5) is 0 Å². The summed E-state index contributed by atoms with van der Waals surface area (Å²) in [6.45, 7) is 4.43. The van der Waals surface area contributed by atoms with Crippen molar-refractivity contribution in [3.8, 4) is 11.5 Å². The molecule has 1 aliphatic heterocycles. The van der Waals surface area contributed by atoms with Gasteiger partial charge in [0.05, 0.1) is 14.2 Å². The van der Waals surface area contributed by atoms with E-state index in [1.54, 1.807) is 14.2 Å². The maximum Gasteiger partial charge on any atom is 0.123 e. The molecule has 1 aromatic rings. The third kappa shape index (κ3) is 4.11. The molecule has 0 bridgehead atoms. The van der Waals surface area contributed by atoms with Gasteiger partial charge in [0.25, 0.3) is 0 Å². The van der Waals surface area contributed by atoms with Gasteiger partial charge in [-0.3, -0.25) is 4.90 Å². The molecule has 2 atom stereocenters. The summed E-state index contributed by atoms with van der Waals surface area (Å²) in [5.74, 6) is 1.80. The van der Waals surface area contributed by atoms with Crippen molar-refractivity contribution in [1.29, 1.82) is 0 Å². The Morgan fingerprint density at radius 2 is 2.10 bits per heavy atom. The summed E-state index contributed by atoms with van der Waals surface area (Å²) in [6, 6.07) is 6.89. The van der Waals surface area contributed by atoms with Gasteiger partial charge in [0.1, 0.15) is 11.5 Å². The molecule has 0 radical (unpaired) electrons. The van der Waals surface area contributed by atoms with Crippen molar-refractivity contribution in [3.63, 3.8) is 0 Å². The maximum atomic E-state index is 5.51. The van der Waals surface area contributed by atoms with E-state index in [0.717, 1.165) is 24.6 Å². The van der Waals surface area contributed by atoms with Crippen LogP contribution < -0.4 is 14.8 Å². The largest absolute Gasteiger partial charge is 0.497 e. The van der Waals surface area contributed by atoms with Crippen molar-refractivity contribution in [3.05, 3.63) is 23.8 Å². The van der Waals surface area contributed by atoms with E-state index in [-0.39, 0.29) is 0 Å². The molecule has 0 saturated carbocycles. The molecule has 21 heavy (non-hydrogen) atoms. The van der Waals surface area contributed by atoms with Gasteiger partial charge in [0.2, 0.25) is 0 Å². The summed E-state index contributed by atoms with van der Waals surface area (Å²) in [6.07, 6.45) is 3.91. The number of nitrogens with one attached hydrogen (secondary N) is 1. The smallest absolute Gasteiger partial charge is 0.123 e. The van der Waals surface area contributed by atoms with Crippen molar-refractivity contribution in [2.45, 2.75) is 38.3 Å². The molecule has 1 aliphatic rings. The minimum absolute atomic E-state index is 0.291. The molecular formula is C17H28N2O2. The molecule has 1 N–H and O–H groups in total.